The number of hydrogen-bond acceptors (Lipinski definition) is 5. The number of para-hydroxylation sites is 1. The van der Waals surface area contributed by atoms with Gasteiger partial charge in [0.2, 0.25) is 10.0 Å². The van der Waals surface area contributed by atoms with Gasteiger partial charge in [-0.2, -0.15) is 4.31 Å². The molecule has 0 saturated carbocycles. The SMILES string of the molecule is Cc1ccc(S(=O)(=O)N(CCO)C[C@@H](O)Cn2cc(C=O)c3ccccc32)cc1. The summed E-state index contributed by atoms with van der Waals surface area (Å²) in [5.41, 5.74) is 2.22. The highest BCUT2D eigenvalue weighted by atomic mass is 32.2. The number of carbonyl (C=O) groups is 1. The van der Waals surface area contributed by atoms with E-state index in [4.69, 9.17) is 0 Å². The van der Waals surface area contributed by atoms with Gasteiger partial charge < -0.3 is 14.8 Å². The monoisotopic (exact) mass is 416 g/mol. The summed E-state index contributed by atoms with van der Waals surface area (Å²) in [6.07, 6.45) is 1.37. The minimum atomic E-state index is -3.86. The zero-order chi connectivity index (χ0) is 21.0. The van der Waals surface area contributed by atoms with Crippen molar-refractivity contribution in [2.45, 2.75) is 24.5 Å². The van der Waals surface area contributed by atoms with Gasteiger partial charge >= 0.3 is 0 Å². The summed E-state index contributed by atoms with van der Waals surface area (Å²) in [5.74, 6) is 0. The van der Waals surface area contributed by atoms with Gasteiger partial charge in [-0.25, -0.2) is 8.42 Å². The van der Waals surface area contributed by atoms with Crippen molar-refractivity contribution >= 4 is 27.2 Å². The van der Waals surface area contributed by atoms with E-state index in [1.54, 1.807) is 22.9 Å². The Balaban J connectivity index is 1.82. The Morgan fingerprint density at radius 3 is 2.48 bits per heavy atom. The molecule has 3 aromatic rings. The van der Waals surface area contributed by atoms with Gasteiger partial charge in [-0.3, -0.25) is 4.79 Å². The molecule has 0 unspecified atom stereocenters. The molecule has 0 radical (unpaired) electrons. The summed E-state index contributed by atoms with van der Waals surface area (Å²) in [7, 11) is -3.86. The van der Waals surface area contributed by atoms with E-state index in [2.05, 4.69) is 0 Å². The van der Waals surface area contributed by atoms with Gasteiger partial charge in [0.1, 0.15) is 0 Å². The van der Waals surface area contributed by atoms with Crippen LogP contribution in [0.1, 0.15) is 15.9 Å². The second kappa shape index (κ2) is 8.87. The summed E-state index contributed by atoms with van der Waals surface area (Å²) in [4.78, 5) is 11.4. The number of aryl methyl sites for hydroxylation is 1. The molecule has 3 rings (SSSR count). The molecule has 1 heterocycles. The Hall–Kier alpha value is -2.52. The van der Waals surface area contributed by atoms with Gasteiger partial charge in [0.25, 0.3) is 0 Å². The topological polar surface area (TPSA) is 99.8 Å². The number of hydrogen-bond donors (Lipinski definition) is 2. The Bertz CT molecular complexity index is 1090. The predicted octanol–water partition coefficient (Wildman–Crippen LogP) is 1.81. The van der Waals surface area contributed by atoms with E-state index < -0.39 is 16.1 Å². The van der Waals surface area contributed by atoms with Gasteiger partial charge in [-0.1, -0.05) is 35.9 Å². The van der Waals surface area contributed by atoms with Crippen LogP contribution in [0.5, 0.6) is 0 Å². The largest absolute Gasteiger partial charge is 0.395 e. The van der Waals surface area contributed by atoms with Crippen molar-refractivity contribution in [3.05, 3.63) is 65.9 Å². The van der Waals surface area contributed by atoms with Crippen molar-refractivity contribution < 1.29 is 23.4 Å². The molecule has 0 aliphatic rings. The molecule has 0 aliphatic carbocycles. The van der Waals surface area contributed by atoms with Gasteiger partial charge in [0.05, 0.1) is 17.6 Å². The number of sulfonamides is 1. The molecule has 0 fully saturated rings. The summed E-state index contributed by atoms with van der Waals surface area (Å²) < 4.78 is 28.7. The fraction of sp³-hybridized carbons (Fsp3) is 0.286. The molecule has 1 atom stereocenters. The molecule has 0 saturated heterocycles. The van der Waals surface area contributed by atoms with E-state index in [1.165, 1.54) is 12.1 Å². The molecule has 2 aromatic carbocycles. The van der Waals surface area contributed by atoms with Crippen molar-refractivity contribution in [3.8, 4) is 0 Å². The molecule has 8 heteroatoms. The Kier molecular flexibility index (Phi) is 6.49. The molecule has 0 aliphatic heterocycles. The van der Waals surface area contributed by atoms with E-state index in [0.717, 1.165) is 27.1 Å². The van der Waals surface area contributed by atoms with Crippen LogP contribution in [0.25, 0.3) is 10.9 Å². The molecule has 0 bridgehead atoms. The summed E-state index contributed by atoms with van der Waals surface area (Å²) >= 11 is 0. The zero-order valence-corrected chi connectivity index (χ0v) is 16.9. The van der Waals surface area contributed by atoms with Crippen LogP contribution < -0.4 is 0 Å². The van der Waals surface area contributed by atoms with Crippen molar-refractivity contribution in [2.24, 2.45) is 0 Å². The average Bonchev–Trinajstić information content (AvgIpc) is 3.05. The van der Waals surface area contributed by atoms with E-state index in [9.17, 15) is 23.4 Å². The first-order valence-electron chi connectivity index (χ1n) is 9.25. The maximum Gasteiger partial charge on any atom is 0.243 e. The molecule has 0 amide bonds. The first-order chi connectivity index (χ1) is 13.9. The third kappa shape index (κ3) is 4.56. The molecule has 154 valence electrons. The predicted molar refractivity (Wildman–Crippen MR) is 110 cm³/mol. The van der Waals surface area contributed by atoms with E-state index in [0.29, 0.717) is 5.56 Å². The second-order valence-corrected chi connectivity index (χ2v) is 8.86. The molecule has 0 spiro atoms. The zero-order valence-electron chi connectivity index (χ0n) is 16.1. The molecule has 29 heavy (non-hydrogen) atoms. The first kappa shape index (κ1) is 21.2. The van der Waals surface area contributed by atoms with Crippen LogP contribution in [0.2, 0.25) is 0 Å². The van der Waals surface area contributed by atoms with Crippen LogP contribution in [0.15, 0.2) is 59.6 Å². The number of rotatable bonds is 9. The lowest BCUT2D eigenvalue weighted by atomic mass is 10.2. The highest BCUT2D eigenvalue weighted by Crippen LogP contribution is 2.21. The molecule has 7 nitrogen and oxygen atoms in total. The van der Waals surface area contributed by atoms with Crippen LogP contribution >= 0.6 is 0 Å². The molecule has 2 N–H and O–H groups in total. The second-order valence-electron chi connectivity index (χ2n) is 6.93. The Morgan fingerprint density at radius 1 is 1.14 bits per heavy atom. The number of aldehydes is 1. The standard InChI is InChI=1S/C21H24N2O5S/c1-16-6-8-19(9-7-16)29(27,28)23(10-11-24)14-18(26)13-22-12-17(15-25)20-4-2-3-5-21(20)22/h2-9,12,15,18,24,26H,10-11,13-14H2,1H3/t18-/m0/s1. The normalized spacial score (nSPS) is 13.1. The Labute approximate surface area is 169 Å². The number of benzene rings is 2. The molecular weight excluding hydrogens is 392 g/mol. The summed E-state index contributed by atoms with van der Waals surface area (Å²) in [6.45, 7) is 1.30. The maximum atomic E-state index is 12.9. The number of aromatic nitrogens is 1. The van der Waals surface area contributed by atoms with Crippen LogP contribution in [0.3, 0.4) is 0 Å². The number of aliphatic hydroxyl groups excluding tert-OH is 2. The minimum absolute atomic E-state index is 0.110. The fourth-order valence-corrected chi connectivity index (χ4v) is 4.79. The summed E-state index contributed by atoms with van der Waals surface area (Å²) in [6, 6.07) is 13.7. The van der Waals surface area contributed by atoms with Gasteiger partial charge in [-0.15, -0.1) is 0 Å². The molecular formula is C21H24N2O5S. The highest BCUT2D eigenvalue weighted by molar-refractivity contribution is 7.89. The third-order valence-corrected chi connectivity index (χ3v) is 6.66. The Morgan fingerprint density at radius 2 is 1.83 bits per heavy atom. The van der Waals surface area contributed by atoms with Gasteiger partial charge in [-0.05, 0) is 25.1 Å². The lowest BCUT2D eigenvalue weighted by molar-refractivity contribution is 0.112. The third-order valence-electron chi connectivity index (χ3n) is 4.78. The van der Waals surface area contributed by atoms with Crippen molar-refractivity contribution in [2.75, 3.05) is 19.7 Å². The number of fused-ring (bicyclic) bond motifs is 1. The van der Waals surface area contributed by atoms with Crippen molar-refractivity contribution in [3.63, 3.8) is 0 Å². The quantitative estimate of drug-likeness (QED) is 0.518. The van der Waals surface area contributed by atoms with Crippen molar-refractivity contribution in [1.82, 2.24) is 8.87 Å². The first-order valence-corrected chi connectivity index (χ1v) is 10.7. The number of aliphatic hydroxyl groups is 2. The maximum absolute atomic E-state index is 12.9. The lowest BCUT2D eigenvalue weighted by Crippen LogP contribution is -2.40. The van der Waals surface area contributed by atoms with Crippen molar-refractivity contribution in [1.29, 1.82) is 0 Å². The van der Waals surface area contributed by atoms with Gasteiger partial charge in [0.15, 0.2) is 6.29 Å². The van der Waals surface area contributed by atoms with Crippen LogP contribution in [0.4, 0.5) is 0 Å². The van der Waals surface area contributed by atoms with E-state index in [1.807, 2.05) is 31.2 Å². The molecule has 1 aromatic heterocycles. The average molecular weight is 416 g/mol. The van der Waals surface area contributed by atoms with Crippen LogP contribution in [-0.4, -0.2) is 59.6 Å². The van der Waals surface area contributed by atoms with Crippen LogP contribution in [-0.2, 0) is 16.6 Å². The van der Waals surface area contributed by atoms with Crippen LogP contribution in [0, 0.1) is 6.92 Å². The number of nitrogens with zero attached hydrogens (tertiary/aromatic N) is 2. The summed E-state index contributed by atoms with van der Waals surface area (Å²) in [5, 5.41) is 20.7. The van der Waals surface area contributed by atoms with E-state index in [-0.39, 0.29) is 31.1 Å². The van der Waals surface area contributed by atoms with Gasteiger partial charge in [0, 0.05) is 42.3 Å². The smallest absolute Gasteiger partial charge is 0.243 e. The highest BCUT2D eigenvalue weighted by Gasteiger charge is 2.26. The number of carbonyl (C=O) groups excluding carboxylic acids is 1. The van der Waals surface area contributed by atoms with E-state index >= 15 is 0 Å². The lowest BCUT2D eigenvalue weighted by Gasteiger charge is -2.24. The fourth-order valence-electron chi connectivity index (χ4n) is 3.32. The minimum Gasteiger partial charge on any atom is -0.395 e.